The van der Waals surface area contributed by atoms with Crippen LogP contribution in [0.15, 0.2) is 47.1 Å². The standard InChI is InChI=1S/C21H28N2O4/c1-16(27-18-10-8-17(25-2)9-11-18)21(24)22-15-19(20-7-6-14-26-20)23-12-4-3-5-13-23/h6-11,14,16,19H,3-5,12-13,15H2,1-2H3,(H,22,24). The van der Waals surface area contributed by atoms with E-state index in [1.807, 2.05) is 24.3 Å². The quantitative estimate of drug-likeness (QED) is 0.769. The van der Waals surface area contributed by atoms with Crippen molar-refractivity contribution in [1.29, 1.82) is 0 Å². The number of methoxy groups -OCH3 is 1. The number of furan rings is 1. The highest BCUT2D eigenvalue weighted by molar-refractivity contribution is 5.80. The summed E-state index contributed by atoms with van der Waals surface area (Å²) in [6.45, 7) is 4.31. The lowest BCUT2D eigenvalue weighted by atomic mass is 10.1. The lowest BCUT2D eigenvalue weighted by Crippen LogP contribution is -2.43. The summed E-state index contributed by atoms with van der Waals surface area (Å²) < 4.78 is 16.5. The Balaban J connectivity index is 1.56. The molecule has 6 nitrogen and oxygen atoms in total. The van der Waals surface area contributed by atoms with Gasteiger partial charge in [0.2, 0.25) is 0 Å². The zero-order valence-corrected chi connectivity index (χ0v) is 16.0. The zero-order chi connectivity index (χ0) is 19.1. The van der Waals surface area contributed by atoms with Crippen molar-refractivity contribution < 1.29 is 18.7 Å². The largest absolute Gasteiger partial charge is 0.497 e. The highest BCUT2D eigenvalue weighted by Crippen LogP contribution is 2.24. The number of nitrogens with zero attached hydrogens (tertiary/aromatic N) is 1. The van der Waals surface area contributed by atoms with E-state index in [1.54, 1.807) is 32.4 Å². The van der Waals surface area contributed by atoms with Crippen molar-refractivity contribution in [2.24, 2.45) is 0 Å². The Morgan fingerprint density at radius 3 is 2.48 bits per heavy atom. The summed E-state index contributed by atoms with van der Waals surface area (Å²) in [6, 6.07) is 11.1. The Bertz CT molecular complexity index is 693. The SMILES string of the molecule is COc1ccc(OC(C)C(=O)NCC(c2ccco2)N2CCCCC2)cc1. The maximum atomic E-state index is 12.5. The van der Waals surface area contributed by atoms with E-state index in [2.05, 4.69) is 10.2 Å². The third-order valence-electron chi connectivity index (χ3n) is 4.91. The maximum absolute atomic E-state index is 12.5. The lowest BCUT2D eigenvalue weighted by Gasteiger charge is -2.33. The van der Waals surface area contributed by atoms with Crippen molar-refractivity contribution in [3.05, 3.63) is 48.4 Å². The predicted octanol–water partition coefficient (Wildman–Crippen LogP) is 3.40. The monoisotopic (exact) mass is 372 g/mol. The Morgan fingerprint density at radius 2 is 1.85 bits per heavy atom. The molecule has 27 heavy (non-hydrogen) atoms. The number of nitrogens with one attached hydrogen (secondary N) is 1. The molecule has 1 fully saturated rings. The molecule has 0 spiro atoms. The van der Waals surface area contributed by atoms with Gasteiger partial charge in [-0.3, -0.25) is 9.69 Å². The van der Waals surface area contributed by atoms with E-state index in [1.165, 1.54) is 19.3 Å². The second-order valence-corrected chi connectivity index (χ2v) is 6.81. The maximum Gasteiger partial charge on any atom is 0.260 e. The van der Waals surface area contributed by atoms with Gasteiger partial charge in [-0.1, -0.05) is 6.42 Å². The van der Waals surface area contributed by atoms with E-state index >= 15 is 0 Å². The first-order valence-electron chi connectivity index (χ1n) is 9.53. The summed E-state index contributed by atoms with van der Waals surface area (Å²) >= 11 is 0. The van der Waals surface area contributed by atoms with Crippen LogP contribution in [0.3, 0.4) is 0 Å². The second-order valence-electron chi connectivity index (χ2n) is 6.81. The van der Waals surface area contributed by atoms with Crippen molar-refractivity contribution in [1.82, 2.24) is 10.2 Å². The number of rotatable bonds is 8. The van der Waals surface area contributed by atoms with Gasteiger partial charge in [0.1, 0.15) is 17.3 Å². The van der Waals surface area contributed by atoms with Crippen LogP contribution in [0.1, 0.15) is 38.0 Å². The molecule has 1 N–H and O–H groups in total. The van der Waals surface area contributed by atoms with E-state index in [0.29, 0.717) is 12.3 Å². The summed E-state index contributed by atoms with van der Waals surface area (Å²) in [7, 11) is 1.61. The molecule has 2 aromatic rings. The molecule has 3 rings (SSSR count). The van der Waals surface area contributed by atoms with Gasteiger partial charge in [0.05, 0.1) is 19.4 Å². The molecule has 0 aliphatic carbocycles. The number of ether oxygens (including phenoxy) is 2. The molecule has 1 aromatic carbocycles. The van der Waals surface area contributed by atoms with Crippen LogP contribution in [0.25, 0.3) is 0 Å². The highest BCUT2D eigenvalue weighted by atomic mass is 16.5. The number of amides is 1. The molecule has 1 saturated heterocycles. The first-order chi connectivity index (χ1) is 13.2. The van der Waals surface area contributed by atoms with Crippen molar-refractivity contribution in [2.75, 3.05) is 26.7 Å². The third-order valence-corrected chi connectivity index (χ3v) is 4.91. The lowest BCUT2D eigenvalue weighted by molar-refractivity contribution is -0.127. The molecule has 0 saturated carbocycles. The first-order valence-corrected chi connectivity index (χ1v) is 9.53. The number of likely N-dealkylation sites (tertiary alicyclic amines) is 1. The molecule has 1 aliphatic heterocycles. The number of benzene rings is 1. The zero-order valence-electron chi connectivity index (χ0n) is 16.0. The van der Waals surface area contributed by atoms with E-state index in [-0.39, 0.29) is 11.9 Å². The Morgan fingerprint density at radius 1 is 1.15 bits per heavy atom. The van der Waals surface area contributed by atoms with Crippen molar-refractivity contribution >= 4 is 5.91 Å². The van der Waals surface area contributed by atoms with Crippen molar-refractivity contribution in [3.63, 3.8) is 0 Å². The Kier molecular flexibility index (Phi) is 6.76. The fraction of sp³-hybridized carbons (Fsp3) is 0.476. The van der Waals surface area contributed by atoms with E-state index < -0.39 is 6.10 Å². The summed E-state index contributed by atoms with van der Waals surface area (Å²) in [5.74, 6) is 2.14. The minimum Gasteiger partial charge on any atom is -0.497 e. The minimum absolute atomic E-state index is 0.0532. The van der Waals surface area contributed by atoms with Crippen LogP contribution in [-0.2, 0) is 4.79 Å². The smallest absolute Gasteiger partial charge is 0.260 e. The average molecular weight is 372 g/mol. The van der Waals surface area contributed by atoms with Crippen LogP contribution in [0.2, 0.25) is 0 Å². The number of hydrogen-bond acceptors (Lipinski definition) is 5. The van der Waals surface area contributed by atoms with Crippen LogP contribution >= 0.6 is 0 Å². The Hall–Kier alpha value is -2.47. The van der Waals surface area contributed by atoms with Crippen LogP contribution in [0.4, 0.5) is 0 Å². The molecular weight excluding hydrogens is 344 g/mol. The van der Waals surface area contributed by atoms with Gasteiger partial charge in [0, 0.05) is 6.54 Å². The van der Waals surface area contributed by atoms with E-state index in [4.69, 9.17) is 13.9 Å². The fourth-order valence-electron chi connectivity index (χ4n) is 3.37. The summed E-state index contributed by atoms with van der Waals surface area (Å²) in [5, 5.41) is 3.02. The number of hydrogen-bond donors (Lipinski definition) is 1. The summed E-state index contributed by atoms with van der Waals surface area (Å²) in [4.78, 5) is 14.9. The van der Waals surface area contributed by atoms with Crippen LogP contribution in [-0.4, -0.2) is 43.7 Å². The van der Waals surface area contributed by atoms with Crippen molar-refractivity contribution in [2.45, 2.75) is 38.3 Å². The molecule has 1 amide bonds. The molecule has 2 unspecified atom stereocenters. The summed E-state index contributed by atoms with van der Waals surface area (Å²) in [6.07, 6.45) is 4.73. The van der Waals surface area contributed by atoms with Crippen LogP contribution in [0.5, 0.6) is 11.5 Å². The van der Waals surface area contributed by atoms with Crippen molar-refractivity contribution in [3.8, 4) is 11.5 Å². The van der Waals surface area contributed by atoms with Gasteiger partial charge in [-0.25, -0.2) is 0 Å². The molecule has 1 aromatic heterocycles. The Labute approximate surface area is 160 Å². The molecule has 1 aliphatic rings. The van der Waals surface area contributed by atoms with Gasteiger partial charge in [-0.2, -0.15) is 0 Å². The predicted molar refractivity (Wildman–Crippen MR) is 103 cm³/mol. The molecule has 0 bridgehead atoms. The van der Waals surface area contributed by atoms with Crippen LogP contribution < -0.4 is 14.8 Å². The van der Waals surface area contributed by atoms with E-state index in [0.717, 1.165) is 24.6 Å². The first kappa shape index (κ1) is 19.3. The molecule has 2 atom stereocenters. The highest BCUT2D eigenvalue weighted by Gasteiger charge is 2.26. The molecule has 2 heterocycles. The van der Waals surface area contributed by atoms with Gasteiger partial charge >= 0.3 is 0 Å². The molecule has 146 valence electrons. The number of carbonyl (C=O) groups excluding carboxylic acids is 1. The van der Waals surface area contributed by atoms with Gasteiger partial charge in [-0.15, -0.1) is 0 Å². The number of piperidine rings is 1. The fourth-order valence-corrected chi connectivity index (χ4v) is 3.37. The van der Waals surface area contributed by atoms with Gasteiger partial charge in [0.15, 0.2) is 6.10 Å². The van der Waals surface area contributed by atoms with Gasteiger partial charge < -0.3 is 19.2 Å². The average Bonchev–Trinajstić information content (AvgIpc) is 3.24. The normalized spacial score (nSPS) is 17.1. The topological polar surface area (TPSA) is 63.9 Å². The summed E-state index contributed by atoms with van der Waals surface area (Å²) in [5.41, 5.74) is 0. The van der Waals surface area contributed by atoms with Gasteiger partial charge in [0.25, 0.3) is 5.91 Å². The second kappa shape index (κ2) is 9.46. The third kappa shape index (κ3) is 5.26. The minimum atomic E-state index is -0.586. The molecule has 6 heteroatoms. The van der Waals surface area contributed by atoms with E-state index in [9.17, 15) is 4.79 Å². The number of carbonyl (C=O) groups is 1. The molecule has 0 radical (unpaired) electrons. The molecular formula is C21H28N2O4. The van der Waals surface area contributed by atoms with Gasteiger partial charge in [-0.05, 0) is 69.3 Å². The van der Waals surface area contributed by atoms with Crippen LogP contribution in [0, 0.1) is 0 Å².